The lowest BCUT2D eigenvalue weighted by Gasteiger charge is -2.15. The number of hydrogen-bond donors (Lipinski definition) is 2. The van der Waals surface area contributed by atoms with E-state index in [4.69, 9.17) is 13.9 Å². The van der Waals surface area contributed by atoms with E-state index in [1.807, 2.05) is 0 Å². The Morgan fingerprint density at radius 3 is 2.33 bits per heavy atom. The Morgan fingerprint density at radius 2 is 1.62 bits per heavy atom. The quantitative estimate of drug-likeness (QED) is 0.264. The molecule has 5 rings (SSSR count). The molecule has 0 bridgehead atoms. The number of furan rings is 1. The molecule has 0 aliphatic rings. The average Bonchev–Trinajstić information content (AvgIpc) is 3.54. The topological polar surface area (TPSA) is 134 Å². The molecule has 42 heavy (non-hydrogen) atoms. The standard InChI is InChI=1S/C31H28N4O7/c1-40-26-14-13-22(16-27(26)41-2)33-28(36)19-34-25-8-4-3-7-24(25)30(38)35(31(34)39)18-20-9-11-21(12-10-20)29(37)32-17-23-6-5-15-42-23/h3-16H,17-19H2,1-2H3,(H,32,37)(H,33,36). The highest BCUT2D eigenvalue weighted by Crippen LogP contribution is 2.29. The van der Waals surface area contributed by atoms with E-state index in [0.29, 0.717) is 45.0 Å². The van der Waals surface area contributed by atoms with Crippen LogP contribution in [0.2, 0.25) is 0 Å². The van der Waals surface area contributed by atoms with E-state index in [-0.39, 0.29) is 25.5 Å². The number of para-hydroxylation sites is 1. The van der Waals surface area contributed by atoms with Crippen LogP contribution in [-0.2, 0) is 24.4 Å². The number of amides is 2. The van der Waals surface area contributed by atoms with Crippen molar-refractivity contribution in [3.05, 3.63) is 123 Å². The number of carbonyl (C=O) groups is 2. The molecule has 2 amide bonds. The second-order valence-corrected chi connectivity index (χ2v) is 9.35. The third-order valence-electron chi connectivity index (χ3n) is 6.66. The van der Waals surface area contributed by atoms with E-state index < -0.39 is 17.2 Å². The number of carbonyl (C=O) groups excluding carboxylic acids is 2. The monoisotopic (exact) mass is 568 g/mol. The Kier molecular flexibility index (Phi) is 8.19. The van der Waals surface area contributed by atoms with Crippen molar-refractivity contribution in [2.45, 2.75) is 19.6 Å². The maximum atomic E-state index is 13.6. The van der Waals surface area contributed by atoms with Crippen molar-refractivity contribution >= 4 is 28.4 Å². The van der Waals surface area contributed by atoms with Gasteiger partial charge in [-0.05, 0) is 54.1 Å². The lowest BCUT2D eigenvalue weighted by atomic mass is 10.1. The summed E-state index contributed by atoms with van der Waals surface area (Å²) in [6, 6.07) is 21.7. The van der Waals surface area contributed by atoms with Gasteiger partial charge in [0, 0.05) is 17.3 Å². The summed E-state index contributed by atoms with van der Waals surface area (Å²) in [5.74, 6) is 0.817. The Balaban J connectivity index is 1.38. The van der Waals surface area contributed by atoms with Crippen LogP contribution in [0.15, 0.2) is 99.1 Å². The molecular formula is C31H28N4O7. The molecular weight excluding hydrogens is 540 g/mol. The largest absolute Gasteiger partial charge is 0.493 e. The molecule has 3 aromatic carbocycles. The van der Waals surface area contributed by atoms with Crippen molar-refractivity contribution in [2.24, 2.45) is 0 Å². The Bertz CT molecular complexity index is 1860. The predicted molar refractivity (Wildman–Crippen MR) is 156 cm³/mol. The van der Waals surface area contributed by atoms with Gasteiger partial charge in [-0.15, -0.1) is 0 Å². The van der Waals surface area contributed by atoms with Crippen LogP contribution in [0.4, 0.5) is 5.69 Å². The van der Waals surface area contributed by atoms with E-state index in [0.717, 1.165) is 4.57 Å². The highest BCUT2D eigenvalue weighted by Gasteiger charge is 2.17. The molecule has 5 aromatic rings. The number of aromatic nitrogens is 2. The number of benzene rings is 3. The first-order valence-corrected chi connectivity index (χ1v) is 13.0. The van der Waals surface area contributed by atoms with Gasteiger partial charge in [-0.1, -0.05) is 24.3 Å². The van der Waals surface area contributed by atoms with E-state index in [9.17, 15) is 19.2 Å². The smallest absolute Gasteiger partial charge is 0.332 e. The third-order valence-corrected chi connectivity index (χ3v) is 6.66. The van der Waals surface area contributed by atoms with Crippen molar-refractivity contribution in [3.8, 4) is 11.5 Å². The number of fused-ring (bicyclic) bond motifs is 1. The van der Waals surface area contributed by atoms with Crippen LogP contribution in [-0.4, -0.2) is 35.2 Å². The molecule has 214 valence electrons. The lowest BCUT2D eigenvalue weighted by Crippen LogP contribution is -2.42. The maximum absolute atomic E-state index is 13.6. The Hall–Kier alpha value is -5.58. The minimum absolute atomic E-state index is 0.0475. The summed E-state index contributed by atoms with van der Waals surface area (Å²) < 4.78 is 18.1. The van der Waals surface area contributed by atoms with Gasteiger partial charge in [0.2, 0.25) is 5.91 Å². The predicted octanol–water partition coefficient (Wildman–Crippen LogP) is 3.39. The molecule has 0 aliphatic heterocycles. The molecule has 2 aromatic heterocycles. The molecule has 11 heteroatoms. The summed E-state index contributed by atoms with van der Waals surface area (Å²) in [4.78, 5) is 52.5. The van der Waals surface area contributed by atoms with Crippen LogP contribution >= 0.6 is 0 Å². The average molecular weight is 569 g/mol. The minimum atomic E-state index is -0.638. The number of anilines is 1. The van der Waals surface area contributed by atoms with Gasteiger partial charge in [0.15, 0.2) is 11.5 Å². The maximum Gasteiger partial charge on any atom is 0.332 e. The fourth-order valence-corrected chi connectivity index (χ4v) is 4.55. The molecule has 11 nitrogen and oxygen atoms in total. The van der Waals surface area contributed by atoms with Crippen molar-refractivity contribution < 1.29 is 23.5 Å². The first kappa shape index (κ1) is 28.0. The molecule has 0 saturated heterocycles. The van der Waals surface area contributed by atoms with E-state index in [2.05, 4.69) is 10.6 Å². The molecule has 2 heterocycles. The van der Waals surface area contributed by atoms with E-state index in [1.54, 1.807) is 78.9 Å². The summed E-state index contributed by atoms with van der Waals surface area (Å²) in [7, 11) is 3.00. The zero-order valence-electron chi connectivity index (χ0n) is 23.0. The summed E-state index contributed by atoms with van der Waals surface area (Å²) in [6.45, 7) is -0.129. The van der Waals surface area contributed by atoms with Crippen LogP contribution in [0.1, 0.15) is 21.7 Å². The lowest BCUT2D eigenvalue weighted by molar-refractivity contribution is -0.116. The molecule has 0 radical (unpaired) electrons. The molecule has 0 unspecified atom stereocenters. The number of hydrogen-bond acceptors (Lipinski definition) is 7. The number of nitrogens with zero attached hydrogens (tertiary/aromatic N) is 2. The van der Waals surface area contributed by atoms with Crippen molar-refractivity contribution in [1.82, 2.24) is 14.5 Å². The van der Waals surface area contributed by atoms with E-state index >= 15 is 0 Å². The van der Waals surface area contributed by atoms with Crippen LogP contribution in [0.5, 0.6) is 11.5 Å². The van der Waals surface area contributed by atoms with E-state index in [1.165, 1.54) is 25.0 Å². The van der Waals surface area contributed by atoms with Gasteiger partial charge in [0.1, 0.15) is 12.3 Å². The minimum Gasteiger partial charge on any atom is -0.493 e. The van der Waals surface area contributed by atoms with Crippen LogP contribution < -0.4 is 31.4 Å². The molecule has 0 atom stereocenters. The molecule has 0 fully saturated rings. The normalized spacial score (nSPS) is 10.8. The molecule has 2 N–H and O–H groups in total. The number of nitrogens with one attached hydrogen (secondary N) is 2. The fraction of sp³-hybridized carbons (Fsp3) is 0.161. The van der Waals surface area contributed by atoms with Gasteiger partial charge in [-0.25, -0.2) is 4.79 Å². The van der Waals surface area contributed by atoms with Gasteiger partial charge in [-0.2, -0.15) is 0 Å². The van der Waals surface area contributed by atoms with Crippen molar-refractivity contribution in [3.63, 3.8) is 0 Å². The molecule has 0 aliphatic carbocycles. The number of rotatable bonds is 10. The summed E-state index contributed by atoms with van der Waals surface area (Å²) >= 11 is 0. The van der Waals surface area contributed by atoms with Crippen LogP contribution in [0, 0.1) is 0 Å². The van der Waals surface area contributed by atoms with Crippen molar-refractivity contribution in [2.75, 3.05) is 19.5 Å². The van der Waals surface area contributed by atoms with Gasteiger partial charge < -0.3 is 24.5 Å². The van der Waals surface area contributed by atoms with Crippen LogP contribution in [0.25, 0.3) is 10.9 Å². The van der Waals surface area contributed by atoms with Gasteiger partial charge in [0.05, 0.1) is 44.5 Å². The third kappa shape index (κ3) is 5.94. The van der Waals surface area contributed by atoms with Gasteiger partial charge in [0.25, 0.3) is 11.5 Å². The number of methoxy groups -OCH3 is 2. The highest BCUT2D eigenvalue weighted by molar-refractivity contribution is 5.94. The van der Waals surface area contributed by atoms with Gasteiger partial charge >= 0.3 is 5.69 Å². The zero-order chi connectivity index (χ0) is 29.6. The number of ether oxygens (including phenoxy) is 2. The molecule has 0 spiro atoms. The van der Waals surface area contributed by atoms with Crippen molar-refractivity contribution in [1.29, 1.82) is 0 Å². The molecule has 0 saturated carbocycles. The second-order valence-electron chi connectivity index (χ2n) is 9.35. The summed E-state index contributed by atoms with van der Waals surface area (Å²) in [5.41, 5.74) is 0.731. The first-order chi connectivity index (χ1) is 20.4. The van der Waals surface area contributed by atoms with Crippen LogP contribution in [0.3, 0.4) is 0 Å². The zero-order valence-corrected chi connectivity index (χ0v) is 23.0. The fourth-order valence-electron chi connectivity index (χ4n) is 4.55. The highest BCUT2D eigenvalue weighted by atomic mass is 16.5. The summed E-state index contributed by atoms with van der Waals surface area (Å²) in [5, 5.41) is 5.83. The Labute approximate surface area is 239 Å². The summed E-state index contributed by atoms with van der Waals surface area (Å²) in [6.07, 6.45) is 1.53. The van der Waals surface area contributed by atoms with Gasteiger partial charge in [-0.3, -0.25) is 23.5 Å². The SMILES string of the molecule is COc1ccc(NC(=O)Cn2c(=O)n(Cc3ccc(C(=O)NCc4ccco4)cc3)c(=O)c3ccccc32)cc1OC. The second kappa shape index (κ2) is 12.3. The Morgan fingerprint density at radius 1 is 0.857 bits per heavy atom. The first-order valence-electron chi connectivity index (χ1n) is 13.0.